The topological polar surface area (TPSA) is 24.5 Å². The molecule has 2 rings (SSSR count). The van der Waals surface area contributed by atoms with Gasteiger partial charge in [0.2, 0.25) is 0 Å². The fourth-order valence-corrected chi connectivity index (χ4v) is 2.72. The molecule has 0 saturated carbocycles. The predicted molar refractivity (Wildman–Crippen MR) is 84.3 cm³/mol. The van der Waals surface area contributed by atoms with Crippen molar-refractivity contribution in [3.05, 3.63) is 30.1 Å². The maximum Gasteiger partial charge on any atom is 0.123 e. The van der Waals surface area contributed by atoms with Gasteiger partial charge in [-0.25, -0.2) is 4.39 Å². The first-order valence-electron chi connectivity index (χ1n) is 8.12. The third-order valence-electron chi connectivity index (χ3n) is 3.96. The second-order valence-electron chi connectivity index (χ2n) is 5.75. The van der Waals surface area contributed by atoms with E-state index in [4.69, 9.17) is 4.74 Å². The van der Waals surface area contributed by atoms with Gasteiger partial charge in [0, 0.05) is 19.1 Å². The molecule has 1 aromatic rings. The number of unbranched alkanes of at least 4 members (excludes halogenated alkanes) is 1. The van der Waals surface area contributed by atoms with Crippen LogP contribution < -0.4 is 10.1 Å². The van der Waals surface area contributed by atoms with Gasteiger partial charge >= 0.3 is 0 Å². The zero-order valence-corrected chi connectivity index (χ0v) is 13.0. The third kappa shape index (κ3) is 6.02. The minimum atomic E-state index is -0.223. The number of hydrogen-bond acceptors (Lipinski definition) is 3. The molecule has 1 N–H and O–H groups in total. The van der Waals surface area contributed by atoms with Crippen molar-refractivity contribution in [2.45, 2.75) is 38.6 Å². The highest BCUT2D eigenvalue weighted by Crippen LogP contribution is 2.12. The van der Waals surface area contributed by atoms with Crippen LogP contribution in [0.5, 0.6) is 5.75 Å². The summed E-state index contributed by atoms with van der Waals surface area (Å²) in [5.41, 5.74) is 0. The van der Waals surface area contributed by atoms with Crippen molar-refractivity contribution >= 4 is 0 Å². The summed E-state index contributed by atoms with van der Waals surface area (Å²) in [6, 6.07) is 6.88. The molecule has 1 heterocycles. The van der Waals surface area contributed by atoms with E-state index in [1.54, 1.807) is 12.1 Å². The summed E-state index contributed by atoms with van der Waals surface area (Å²) in [5, 5.41) is 3.55. The van der Waals surface area contributed by atoms with Gasteiger partial charge in [0.05, 0.1) is 0 Å². The number of nitrogens with zero attached hydrogens (tertiary/aromatic N) is 1. The second kappa shape index (κ2) is 9.00. The van der Waals surface area contributed by atoms with Gasteiger partial charge in [-0.15, -0.1) is 0 Å². The zero-order valence-electron chi connectivity index (χ0n) is 13.0. The SMILES string of the molecule is CCCCN(CCOc1ccc(F)cc1)CC1CCCN1. The molecule has 0 aliphatic carbocycles. The maximum absolute atomic E-state index is 12.8. The highest BCUT2D eigenvalue weighted by atomic mass is 19.1. The van der Waals surface area contributed by atoms with E-state index in [-0.39, 0.29) is 5.82 Å². The van der Waals surface area contributed by atoms with Gasteiger partial charge in [-0.1, -0.05) is 13.3 Å². The standard InChI is InChI=1S/C17H27FN2O/c1-2-3-11-20(14-16-5-4-10-19-16)12-13-21-17-8-6-15(18)7-9-17/h6-9,16,19H,2-5,10-14H2,1H3. The summed E-state index contributed by atoms with van der Waals surface area (Å²) in [5.74, 6) is 0.519. The molecule has 1 aromatic carbocycles. The van der Waals surface area contributed by atoms with Gasteiger partial charge in [-0.3, -0.25) is 4.90 Å². The maximum atomic E-state index is 12.8. The Hall–Kier alpha value is -1.13. The molecular weight excluding hydrogens is 267 g/mol. The van der Waals surface area contributed by atoms with Crippen LogP contribution in [0.2, 0.25) is 0 Å². The lowest BCUT2D eigenvalue weighted by Crippen LogP contribution is -2.40. The molecular formula is C17H27FN2O. The molecule has 1 aliphatic heterocycles. The fraction of sp³-hybridized carbons (Fsp3) is 0.647. The molecule has 118 valence electrons. The Bertz CT molecular complexity index is 390. The zero-order chi connectivity index (χ0) is 14.9. The van der Waals surface area contributed by atoms with Crippen molar-refractivity contribution in [1.82, 2.24) is 10.2 Å². The van der Waals surface area contributed by atoms with Gasteiger partial charge < -0.3 is 10.1 Å². The van der Waals surface area contributed by atoms with E-state index < -0.39 is 0 Å². The van der Waals surface area contributed by atoms with Gasteiger partial charge in [0.1, 0.15) is 18.2 Å². The van der Waals surface area contributed by atoms with Crippen molar-refractivity contribution in [2.24, 2.45) is 0 Å². The number of ether oxygens (including phenoxy) is 1. The summed E-state index contributed by atoms with van der Waals surface area (Å²) in [6.45, 7) is 7.19. The van der Waals surface area contributed by atoms with Crippen molar-refractivity contribution < 1.29 is 9.13 Å². The Morgan fingerprint density at radius 2 is 2.10 bits per heavy atom. The van der Waals surface area contributed by atoms with E-state index in [0.29, 0.717) is 12.6 Å². The Morgan fingerprint density at radius 3 is 2.76 bits per heavy atom. The van der Waals surface area contributed by atoms with Gasteiger partial charge in [0.15, 0.2) is 0 Å². The number of benzene rings is 1. The normalized spacial score (nSPS) is 18.3. The highest BCUT2D eigenvalue weighted by molar-refractivity contribution is 5.21. The number of rotatable bonds is 9. The first-order valence-corrected chi connectivity index (χ1v) is 8.12. The van der Waals surface area contributed by atoms with E-state index in [1.165, 1.54) is 37.8 Å². The molecule has 0 spiro atoms. The molecule has 0 radical (unpaired) electrons. The van der Waals surface area contributed by atoms with Gasteiger partial charge in [0.25, 0.3) is 0 Å². The lowest BCUT2D eigenvalue weighted by Gasteiger charge is -2.25. The molecule has 1 aliphatic rings. The molecule has 1 unspecified atom stereocenters. The van der Waals surface area contributed by atoms with E-state index in [9.17, 15) is 4.39 Å². The lowest BCUT2D eigenvalue weighted by atomic mass is 10.2. The molecule has 0 aromatic heterocycles. The fourth-order valence-electron chi connectivity index (χ4n) is 2.72. The van der Waals surface area contributed by atoms with E-state index >= 15 is 0 Å². The summed E-state index contributed by atoms with van der Waals surface area (Å²) >= 11 is 0. The highest BCUT2D eigenvalue weighted by Gasteiger charge is 2.17. The summed E-state index contributed by atoms with van der Waals surface area (Å²) in [6.07, 6.45) is 5.01. The largest absolute Gasteiger partial charge is 0.492 e. The van der Waals surface area contributed by atoms with Crippen molar-refractivity contribution in [2.75, 3.05) is 32.8 Å². The lowest BCUT2D eigenvalue weighted by molar-refractivity contribution is 0.194. The second-order valence-corrected chi connectivity index (χ2v) is 5.75. The summed E-state index contributed by atoms with van der Waals surface area (Å²) in [7, 11) is 0. The van der Waals surface area contributed by atoms with E-state index in [2.05, 4.69) is 17.1 Å². The Balaban J connectivity index is 1.73. The van der Waals surface area contributed by atoms with Crippen LogP contribution in [0.15, 0.2) is 24.3 Å². The van der Waals surface area contributed by atoms with Gasteiger partial charge in [-0.2, -0.15) is 0 Å². The van der Waals surface area contributed by atoms with Crippen LogP contribution in [0.25, 0.3) is 0 Å². The first kappa shape index (κ1) is 16.2. The Kier molecular flexibility index (Phi) is 6.96. The molecule has 21 heavy (non-hydrogen) atoms. The molecule has 0 amide bonds. The number of halogens is 1. The van der Waals surface area contributed by atoms with Crippen LogP contribution >= 0.6 is 0 Å². The predicted octanol–water partition coefficient (Wildman–Crippen LogP) is 3.06. The van der Waals surface area contributed by atoms with Crippen LogP contribution in [0.3, 0.4) is 0 Å². The Morgan fingerprint density at radius 1 is 1.29 bits per heavy atom. The van der Waals surface area contributed by atoms with E-state index in [0.717, 1.165) is 31.9 Å². The summed E-state index contributed by atoms with van der Waals surface area (Å²) in [4.78, 5) is 2.48. The average molecular weight is 294 g/mol. The minimum absolute atomic E-state index is 0.223. The third-order valence-corrected chi connectivity index (χ3v) is 3.96. The quantitative estimate of drug-likeness (QED) is 0.757. The monoisotopic (exact) mass is 294 g/mol. The first-order chi connectivity index (χ1) is 10.3. The van der Waals surface area contributed by atoms with Crippen LogP contribution in [0.4, 0.5) is 4.39 Å². The molecule has 1 fully saturated rings. The van der Waals surface area contributed by atoms with E-state index in [1.807, 2.05) is 0 Å². The number of nitrogens with one attached hydrogen (secondary N) is 1. The van der Waals surface area contributed by atoms with Crippen LogP contribution in [-0.2, 0) is 0 Å². The molecule has 1 atom stereocenters. The minimum Gasteiger partial charge on any atom is -0.492 e. The molecule has 4 heteroatoms. The van der Waals surface area contributed by atoms with Crippen molar-refractivity contribution in [3.63, 3.8) is 0 Å². The summed E-state index contributed by atoms with van der Waals surface area (Å²) < 4.78 is 18.5. The van der Waals surface area contributed by atoms with Crippen LogP contribution in [0.1, 0.15) is 32.6 Å². The number of hydrogen-bond donors (Lipinski definition) is 1. The van der Waals surface area contributed by atoms with Gasteiger partial charge in [-0.05, 0) is 56.6 Å². The average Bonchev–Trinajstić information content (AvgIpc) is 2.99. The van der Waals surface area contributed by atoms with Crippen molar-refractivity contribution in [1.29, 1.82) is 0 Å². The Labute approximate surface area is 127 Å². The molecule has 1 saturated heterocycles. The van der Waals surface area contributed by atoms with Crippen LogP contribution in [0, 0.1) is 5.82 Å². The van der Waals surface area contributed by atoms with Crippen molar-refractivity contribution in [3.8, 4) is 5.75 Å². The molecule has 0 bridgehead atoms. The smallest absolute Gasteiger partial charge is 0.123 e. The molecule has 3 nitrogen and oxygen atoms in total. The van der Waals surface area contributed by atoms with Crippen LogP contribution in [-0.4, -0.2) is 43.7 Å².